The molecule has 1 N–H and O–H groups in total. The Balaban J connectivity index is 1.55. The highest BCUT2D eigenvalue weighted by Gasteiger charge is 2.31. The zero-order chi connectivity index (χ0) is 16.7. The van der Waals surface area contributed by atoms with Gasteiger partial charge in [0.1, 0.15) is 11.6 Å². The van der Waals surface area contributed by atoms with E-state index in [0.29, 0.717) is 23.3 Å². The molecule has 2 aliphatic rings. The molecular weight excluding hydrogens is 388 g/mol. The molecule has 6 heteroatoms. The number of aromatic nitrogens is 2. The van der Waals surface area contributed by atoms with Gasteiger partial charge >= 0.3 is 0 Å². The average molecular weight is 408 g/mol. The van der Waals surface area contributed by atoms with Crippen LogP contribution in [0.3, 0.4) is 0 Å². The molecule has 2 atom stereocenters. The summed E-state index contributed by atoms with van der Waals surface area (Å²) in [7, 11) is 0. The van der Waals surface area contributed by atoms with E-state index in [1.165, 1.54) is 18.4 Å². The van der Waals surface area contributed by atoms with Crippen LogP contribution >= 0.6 is 27.5 Å². The van der Waals surface area contributed by atoms with Gasteiger partial charge in [-0.3, -0.25) is 0 Å². The molecule has 0 radical (unpaired) electrons. The minimum absolute atomic E-state index is 0.315. The number of anilines is 2. The van der Waals surface area contributed by atoms with Crippen LogP contribution in [-0.4, -0.2) is 28.6 Å². The Bertz CT molecular complexity index is 732. The first kappa shape index (κ1) is 16.2. The van der Waals surface area contributed by atoms with Crippen LogP contribution in [0.1, 0.15) is 37.7 Å². The maximum absolute atomic E-state index is 6.16. The van der Waals surface area contributed by atoms with Crippen LogP contribution in [0.4, 0.5) is 11.6 Å². The number of rotatable bonds is 4. The van der Waals surface area contributed by atoms with Crippen LogP contribution in [-0.2, 0) is 0 Å². The van der Waals surface area contributed by atoms with Gasteiger partial charge in [0.2, 0.25) is 5.28 Å². The summed E-state index contributed by atoms with van der Waals surface area (Å²) in [4.78, 5) is 11.1. The first-order valence-corrected chi connectivity index (χ1v) is 9.59. The quantitative estimate of drug-likeness (QED) is 0.736. The van der Waals surface area contributed by atoms with E-state index < -0.39 is 0 Å². The fraction of sp³-hybridized carbons (Fsp3) is 0.444. The molecule has 0 spiro atoms. The van der Waals surface area contributed by atoms with Crippen molar-refractivity contribution in [1.82, 2.24) is 9.97 Å². The van der Waals surface area contributed by atoms with Crippen molar-refractivity contribution in [2.45, 2.75) is 44.2 Å². The zero-order valence-corrected chi connectivity index (χ0v) is 15.9. The lowest BCUT2D eigenvalue weighted by molar-refractivity contribution is 0.696. The normalized spacial score (nSPS) is 23.5. The molecule has 2 fully saturated rings. The Morgan fingerprint density at radius 3 is 2.67 bits per heavy atom. The number of hydrogen-bond acceptors (Lipinski definition) is 4. The van der Waals surface area contributed by atoms with Crippen LogP contribution < -0.4 is 10.2 Å². The highest BCUT2D eigenvalue weighted by molar-refractivity contribution is 9.10. The van der Waals surface area contributed by atoms with Crippen LogP contribution in [0.25, 0.3) is 0 Å². The second kappa shape index (κ2) is 6.52. The van der Waals surface area contributed by atoms with E-state index in [2.05, 4.69) is 67.3 Å². The molecule has 24 heavy (non-hydrogen) atoms. The highest BCUT2D eigenvalue weighted by atomic mass is 79.9. The maximum Gasteiger partial charge on any atom is 0.226 e. The largest absolute Gasteiger partial charge is 0.367 e. The van der Waals surface area contributed by atoms with Crippen molar-refractivity contribution in [1.29, 1.82) is 0 Å². The predicted octanol–water partition coefficient (Wildman–Crippen LogP) is 4.85. The van der Waals surface area contributed by atoms with Gasteiger partial charge < -0.3 is 10.2 Å². The van der Waals surface area contributed by atoms with Gasteiger partial charge in [0, 0.05) is 35.1 Å². The van der Waals surface area contributed by atoms with Crippen molar-refractivity contribution in [2.75, 3.05) is 16.8 Å². The SMILES string of the molecule is CC1CC(c2ccc(Br)cc2)CN1c1cc(NC2CC2)nc(Cl)n1. The van der Waals surface area contributed by atoms with E-state index in [1.807, 2.05) is 6.07 Å². The van der Waals surface area contributed by atoms with E-state index >= 15 is 0 Å². The van der Waals surface area contributed by atoms with Crippen LogP contribution in [0.15, 0.2) is 34.8 Å². The van der Waals surface area contributed by atoms with Gasteiger partial charge in [0.15, 0.2) is 0 Å². The summed E-state index contributed by atoms with van der Waals surface area (Å²) in [6.07, 6.45) is 3.54. The van der Waals surface area contributed by atoms with E-state index in [-0.39, 0.29) is 0 Å². The van der Waals surface area contributed by atoms with Crippen molar-refractivity contribution >= 4 is 39.2 Å². The molecule has 0 amide bonds. The Hall–Kier alpha value is -1.33. The lowest BCUT2D eigenvalue weighted by Gasteiger charge is -2.23. The summed E-state index contributed by atoms with van der Waals surface area (Å²) >= 11 is 9.66. The van der Waals surface area contributed by atoms with Gasteiger partial charge in [-0.05, 0) is 55.5 Å². The first-order valence-electron chi connectivity index (χ1n) is 8.42. The molecule has 1 saturated heterocycles. The summed E-state index contributed by atoms with van der Waals surface area (Å²) in [6.45, 7) is 3.21. The van der Waals surface area contributed by atoms with Crippen molar-refractivity contribution in [3.8, 4) is 0 Å². The molecule has 2 heterocycles. The molecule has 2 unspecified atom stereocenters. The summed E-state index contributed by atoms with van der Waals surface area (Å²) in [6, 6.07) is 11.7. The molecule has 4 rings (SSSR count). The van der Waals surface area contributed by atoms with Crippen LogP contribution in [0.5, 0.6) is 0 Å². The lowest BCUT2D eigenvalue weighted by Crippen LogP contribution is -2.28. The van der Waals surface area contributed by atoms with Gasteiger partial charge in [-0.2, -0.15) is 0 Å². The minimum Gasteiger partial charge on any atom is -0.367 e. The lowest BCUT2D eigenvalue weighted by atomic mass is 9.97. The van der Waals surface area contributed by atoms with Gasteiger partial charge in [-0.25, -0.2) is 9.97 Å². The summed E-state index contributed by atoms with van der Waals surface area (Å²) < 4.78 is 1.12. The standard InChI is InChI=1S/C18H20BrClN4/c1-11-8-13(12-2-4-14(19)5-3-12)10-24(11)17-9-16(21-15-6-7-15)22-18(20)23-17/h2-5,9,11,13,15H,6-8,10H2,1H3,(H,21,22,23). The molecule has 4 nitrogen and oxygen atoms in total. The van der Waals surface area contributed by atoms with Crippen molar-refractivity contribution in [3.05, 3.63) is 45.7 Å². The number of benzene rings is 1. The second-order valence-corrected chi connectivity index (χ2v) is 8.04. The smallest absolute Gasteiger partial charge is 0.226 e. The third-order valence-corrected chi connectivity index (χ3v) is 5.52. The van der Waals surface area contributed by atoms with Crippen LogP contribution in [0, 0.1) is 0 Å². The number of nitrogens with zero attached hydrogens (tertiary/aromatic N) is 3. The number of halogens is 2. The fourth-order valence-electron chi connectivity index (χ4n) is 3.39. The highest BCUT2D eigenvalue weighted by Crippen LogP contribution is 2.36. The van der Waals surface area contributed by atoms with Gasteiger partial charge in [-0.15, -0.1) is 0 Å². The van der Waals surface area contributed by atoms with E-state index in [9.17, 15) is 0 Å². The molecular formula is C18H20BrClN4. The predicted molar refractivity (Wildman–Crippen MR) is 102 cm³/mol. The third-order valence-electron chi connectivity index (χ3n) is 4.83. The van der Waals surface area contributed by atoms with Gasteiger partial charge in [-0.1, -0.05) is 28.1 Å². The molecule has 1 aliphatic carbocycles. The Morgan fingerprint density at radius 2 is 1.96 bits per heavy atom. The summed E-state index contributed by atoms with van der Waals surface area (Å²) in [5, 5.41) is 3.73. The molecule has 0 bridgehead atoms. The summed E-state index contributed by atoms with van der Waals surface area (Å²) in [5.41, 5.74) is 1.38. The molecule has 126 valence electrons. The monoisotopic (exact) mass is 406 g/mol. The number of nitrogens with one attached hydrogen (secondary N) is 1. The second-order valence-electron chi connectivity index (χ2n) is 6.78. The minimum atomic E-state index is 0.315. The molecule has 1 aromatic carbocycles. The van der Waals surface area contributed by atoms with Crippen LogP contribution in [0.2, 0.25) is 5.28 Å². The van der Waals surface area contributed by atoms with Gasteiger partial charge in [0.25, 0.3) is 0 Å². The molecule has 1 aliphatic heterocycles. The Morgan fingerprint density at radius 1 is 1.21 bits per heavy atom. The van der Waals surface area contributed by atoms with Crippen molar-refractivity contribution in [2.24, 2.45) is 0 Å². The average Bonchev–Trinajstić information content (AvgIpc) is 3.27. The molecule has 2 aromatic rings. The van der Waals surface area contributed by atoms with E-state index in [0.717, 1.165) is 29.1 Å². The molecule has 1 saturated carbocycles. The maximum atomic E-state index is 6.16. The third kappa shape index (κ3) is 3.52. The van der Waals surface area contributed by atoms with E-state index in [1.54, 1.807) is 0 Å². The topological polar surface area (TPSA) is 41.0 Å². The van der Waals surface area contributed by atoms with Crippen molar-refractivity contribution in [3.63, 3.8) is 0 Å². The summed E-state index contributed by atoms with van der Waals surface area (Å²) in [5.74, 6) is 2.28. The van der Waals surface area contributed by atoms with E-state index in [4.69, 9.17) is 11.6 Å². The zero-order valence-electron chi connectivity index (χ0n) is 13.5. The Kier molecular flexibility index (Phi) is 4.39. The first-order chi connectivity index (χ1) is 11.6. The molecule has 1 aromatic heterocycles. The number of hydrogen-bond donors (Lipinski definition) is 1. The van der Waals surface area contributed by atoms with Crippen molar-refractivity contribution < 1.29 is 0 Å². The Labute approximate surface area is 155 Å². The van der Waals surface area contributed by atoms with Gasteiger partial charge in [0.05, 0.1) is 0 Å². The fourth-order valence-corrected chi connectivity index (χ4v) is 3.83.